The van der Waals surface area contributed by atoms with Crippen LogP contribution in [0, 0.1) is 0 Å². The fourth-order valence-electron chi connectivity index (χ4n) is 3.24. The average molecular weight is 356 g/mol. The van der Waals surface area contributed by atoms with Crippen LogP contribution in [0.15, 0.2) is 52.1 Å². The van der Waals surface area contributed by atoms with Crippen LogP contribution < -0.4 is 10.6 Å². The van der Waals surface area contributed by atoms with Gasteiger partial charge in [0.25, 0.3) is 0 Å². The lowest BCUT2D eigenvalue weighted by Gasteiger charge is -2.18. The smallest absolute Gasteiger partial charge is 0.191 e. The molecule has 2 heterocycles. The number of nitrogens with one attached hydrogen (secondary N) is 2. The van der Waals surface area contributed by atoms with Crippen LogP contribution in [0.3, 0.4) is 0 Å². The van der Waals surface area contributed by atoms with E-state index >= 15 is 0 Å². The fraction of sp³-hybridized carbons (Fsp3) is 0.450. The van der Waals surface area contributed by atoms with Gasteiger partial charge < -0.3 is 20.2 Å². The number of furan rings is 1. The van der Waals surface area contributed by atoms with Crippen molar-refractivity contribution in [2.45, 2.75) is 32.0 Å². The molecule has 1 atom stereocenters. The Hall–Kier alpha value is -2.31. The van der Waals surface area contributed by atoms with Crippen LogP contribution in [0.25, 0.3) is 0 Å². The number of guanidine groups is 1. The maximum atomic E-state index is 9.72. The Labute approximate surface area is 154 Å². The zero-order chi connectivity index (χ0) is 18.2. The van der Waals surface area contributed by atoms with Gasteiger partial charge in [-0.1, -0.05) is 24.3 Å². The van der Waals surface area contributed by atoms with Crippen molar-refractivity contribution in [3.05, 3.63) is 59.5 Å². The molecule has 0 spiro atoms. The minimum atomic E-state index is -0.183. The number of aliphatic hydroxyl groups excluding tert-OH is 1. The molecule has 1 saturated heterocycles. The largest absolute Gasteiger partial charge is 0.469 e. The zero-order valence-corrected chi connectivity index (χ0v) is 15.3. The van der Waals surface area contributed by atoms with E-state index in [-0.39, 0.29) is 6.10 Å². The van der Waals surface area contributed by atoms with E-state index in [1.54, 1.807) is 13.3 Å². The Bertz CT molecular complexity index is 700. The van der Waals surface area contributed by atoms with Gasteiger partial charge in [0.1, 0.15) is 5.76 Å². The predicted octanol–water partition coefficient (Wildman–Crippen LogP) is 1.75. The first-order chi connectivity index (χ1) is 12.7. The van der Waals surface area contributed by atoms with Gasteiger partial charge in [-0.2, -0.15) is 0 Å². The van der Waals surface area contributed by atoms with Gasteiger partial charge >= 0.3 is 0 Å². The van der Waals surface area contributed by atoms with Gasteiger partial charge in [-0.05, 0) is 29.7 Å². The van der Waals surface area contributed by atoms with E-state index < -0.39 is 0 Å². The van der Waals surface area contributed by atoms with Crippen molar-refractivity contribution in [3.8, 4) is 0 Å². The Morgan fingerprint density at radius 2 is 2.08 bits per heavy atom. The second-order valence-electron chi connectivity index (χ2n) is 6.63. The third kappa shape index (κ3) is 5.34. The van der Waals surface area contributed by atoms with Crippen LogP contribution in [0.4, 0.5) is 0 Å². The molecule has 6 nitrogen and oxygen atoms in total. The van der Waals surface area contributed by atoms with Crippen LogP contribution in [0.1, 0.15) is 23.3 Å². The van der Waals surface area contributed by atoms with E-state index in [0.717, 1.165) is 50.7 Å². The number of benzene rings is 1. The molecule has 140 valence electrons. The van der Waals surface area contributed by atoms with Crippen molar-refractivity contribution in [2.24, 2.45) is 4.99 Å². The molecule has 0 aliphatic carbocycles. The number of rotatable bonds is 7. The Morgan fingerprint density at radius 3 is 2.77 bits per heavy atom. The molecule has 1 aliphatic heterocycles. The molecule has 1 unspecified atom stereocenters. The second kappa shape index (κ2) is 9.40. The number of aliphatic hydroxyl groups is 1. The van der Waals surface area contributed by atoms with Crippen molar-refractivity contribution < 1.29 is 9.52 Å². The number of hydrogen-bond donors (Lipinski definition) is 3. The molecule has 0 radical (unpaired) electrons. The Morgan fingerprint density at radius 1 is 1.23 bits per heavy atom. The molecule has 3 N–H and O–H groups in total. The summed E-state index contributed by atoms with van der Waals surface area (Å²) in [4.78, 5) is 6.59. The van der Waals surface area contributed by atoms with Crippen molar-refractivity contribution in [3.63, 3.8) is 0 Å². The van der Waals surface area contributed by atoms with Gasteiger partial charge in [-0.25, -0.2) is 0 Å². The molecule has 1 fully saturated rings. The van der Waals surface area contributed by atoms with Crippen LogP contribution in [-0.4, -0.2) is 48.8 Å². The standard InChI is InChI=1S/C20H28N4O2/c1-21-20(22-10-8-19-7-4-12-26-19)23-13-16-5-2-3-6-17(16)14-24-11-9-18(25)15-24/h2-7,12,18,25H,8-11,13-15H2,1H3,(H2,21,22,23). The zero-order valence-electron chi connectivity index (χ0n) is 15.3. The van der Waals surface area contributed by atoms with Gasteiger partial charge in [0.15, 0.2) is 5.96 Å². The summed E-state index contributed by atoms with van der Waals surface area (Å²) in [5.74, 6) is 1.74. The van der Waals surface area contributed by atoms with Gasteiger partial charge in [0.05, 0.1) is 12.4 Å². The summed E-state index contributed by atoms with van der Waals surface area (Å²) < 4.78 is 5.34. The van der Waals surface area contributed by atoms with E-state index in [1.807, 2.05) is 12.1 Å². The first kappa shape index (κ1) is 18.5. The summed E-state index contributed by atoms with van der Waals surface area (Å²) in [5.41, 5.74) is 2.54. The number of hydrogen-bond acceptors (Lipinski definition) is 4. The molecule has 2 aromatic rings. The third-order valence-electron chi connectivity index (χ3n) is 4.67. The summed E-state index contributed by atoms with van der Waals surface area (Å²) in [6, 6.07) is 12.3. The van der Waals surface area contributed by atoms with Crippen LogP contribution in [0.5, 0.6) is 0 Å². The van der Waals surface area contributed by atoms with Gasteiger partial charge in [-0.3, -0.25) is 9.89 Å². The third-order valence-corrected chi connectivity index (χ3v) is 4.67. The summed E-state index contributed by atoms with van der Waals surface area (Å²) in [5, 5.41) is 16.4. The highest BCUT2D eigenvalue weighted by Crippen LogP contribution is 2.16. The predicted molar refractivity (Wildman–Crippen MR) is 103 cm³/mol. The normalized spacial score (nSPS) is 18.2. The average Bonchev–Trinajstić information content (AvgIpc) is 3.31. The molecular formula is C20H28N4O2. The van der Waals surface area contributed by atoms with E-state index in [4.69, 9.17) is 4.42 Å². The molecular weight excluding hydrogens is 328 g/mol. The summed E-state index contributed by atoms with van der Waals surface area (Å²) in [6.07, 6.45) is 3.20. The minimum Gasteiger partial charge on any atom is -0.469 e. The maximum Gasteiger partial charge on any atom is 0.191 e. The molecule has 1 aromatic carbocycles. The molecule has 1 aromatic heterocycles. The monoisotopic (exact) mass is 356 g/mol. The van der Waals surface area contributed by atoms with Crippen molar-refractivity contribution in [1.29, 1.82) is 0 Å². The van der Waals surface area contributed by atoms with Gasteiger partial charge in [0.2, 0.25) is 0 Å². The highest BCUT2D eigenvalue weighted by molar-refractivity contribution is 5.79. The lowest BCUT2D eigenvalue weighted by atomic mass is 10.1. The number of likely N-dealkylation sites (tertiary alicyclic amines) is 1. The fourth-order valence-corrected chi connectivity index (χ4v) is 3.24. The summed E-state index contributed by atoms with van der Waals surface area (Å²) >= 11 is 0. The lowest BCUT2D eigenvalue weighted by Crippen LogP contribution is -2.38. The molecule has 1 aliphatic rings. The molecule has 26 heavy (non-hydrogen) atoms. The Kier molecular flexibility index (Phi) is 6.68. The number of aliphatic imine (C=N–C) groups is 1. The molecule has 0 bridgehead atoms. The topological polar surface area (TPSA) is 73.0 Å². The quantitative estimate of drug-likeness (QED) is 0.521. The maximum absolute atomic E-state index is 9.72. The summed E-state index contributed by atoms with van der Waals surface area (Å²) in [6.45, 7) is 4.07. The van der Waals surface area contributed by atoms with Gasteiger partial charge in [0, 0.05) is 46.2 Å². The van der Waals surface area contributed by atoms with Crippen LogP contribution >= 0.6 is 0 Å². The Balaban J connectivity index is 1.49. The summed E-state index contributed by atoms with van der Waals surface area (Å²) in [7, 11) is 1.78. The van der Waals surface area contributed by atoms with E-state index in [1.165, 1.54) is 11.1 Å². The molecule has 0 saturated carbocycles. The van der Waals surface area contributed by atoms with Gasteiger partial charge in [-0.15, -0.1) is 0 Å². The van der Waals surface area contributed by atoms with Crippen molar-refractivity contribution in [1.82, 2.24) is 15.5 Å². The SMILES string of the molecule is CN=C(NCCc1ccco1)NCc1ccccc1CN1CCC(O)C1. The highest BCUT2D eigenvalue weighted by Gasteiger charge is 2.20. The van der Waals surface area contributed by atoms with Crippen LogP contribution in [0.2, 0.25) is 0 Å². The first-order valence-electron chi connectivity index (χ1n) is 9.18. The minimum absolute atomic E-state index is 0.183. The lowest BCUT2D eigenvalue weighted by molar-refractivity contribution is 0.174. The van der Waals surface area contributed by atoms with E-state index in [9.17, 15) is 5.11 Å². The number of β-amino-alcohol motifs (C(OH)–C–C–N with tert-alkyl or cyclic N) is 1. The van der Waals surface area contributed by atoms with Crippen molar-refractivity contribution >= 4 is 5.96 Å². The van der Waals surface area contributed by atoms with Crippen molar-refractivity contribution in [2.75, 3.05) is 26.7 Å². The first-order valence-corrected chi connectivity index (χ1v) is 9.18. The molecule has 6 heteroatoms. The molecule has 3 rings (SSSR count). The highest BCUT2D eigenvalue weighted by atomic mass is 16.3. The van der Waals surface area contributed by atoms with E-state index in [2.05, 4.69) is 44.8 Å². The number of nitrogens with zero attached hydrogens (tertiary/aromatic N) is 2. The molecule has 0 amide bonds. The second-order valence-corrected chi connectivity index (χ2v) is 6.63. The van der Waals surface area contributed by atoms with Crippen LogP contribution in [-0.2, 0) is 19.5 Å². The van der Waals surface area contributed by atoms with E-state index in [0.29, 0.717) is 6.54 Å².